The number of piperazine rings is 1. The van der Waals surface area contributed by atoms with Crippen molar-refractivity contribution >= 4 is 11.8 Å². The molecule has 0 atom stereocenters. The maximum atomic E-state index is 4.10. The Bertz CT molecular complexity index is 466. The van der Waals surface area contributed by atoms with Crippen LogP contribution in [0.2, 0.25) is 0 Å². The minimum absolute atomic E-state index is 1.06. The molecule has 1 aromatic rings. The van der Waals surface area contributed by atoms with Gasteiger partial charge in [0, 0.05) is 46.0 Å². The summed E-state index contributed by atoms with van der Waals surface area (Å²) in [4.78, 5) is 9.02. The quantitative estimate of drug-likeness (QED) is 0.784. The highest BCUT2D eigenvalue weighted by Gasteiger charge is 2.13. The van der Waals surface area contributed by atoms with Gasteiger partial charge in [-0.15, -0.1) is 0 Å². The second-order valence-electron chi connectivity index (χ2n) is 5.41. The van der Waals surface area contributed by atoms with Gasteiger partial charge in [0.25, 0.3) is 0 Å². The van der Waals surface area contributed by atoms with Gasteiger partial charge in [0.05, 0.1) is 0 Å². The lowest BCUT2D eigenvalue weighted by Gasteiger charge is -2.32. The van der Waals surface area contributed by atoms with Crippen molar-refractivity contribution in [1.82, 2.24) is 9.80 Å². The van der Waals surface area contributed by atoms with Crippen LogP contribution in [-0.4, -0.2) is 56.3 Å². The highest BCUT2D eigenvalue weighted by molar-refractivity contribution is 6.09. The molecule has 2 rings (SSSR count). The van der Waals surface area contributed by atoms with Crippen LogP contribution in [0.4, 0.5) is 0 Å². The predicted molar refractivity (Wildman–Crippen MR) is 87.3 cm³/mol. The minimum atomic E-state index is 1.06. The first-order valence-electron chi connectivity index (χ1n) is 7.31. The monoisotopic (exact) mass is 271 g/mol. The van der Waals surface area contributed by atoms with Gasteiger partial charge in [-0.05, 0) is 30.7 Å². The average Bonchev–Trinajstić information content (AvgIpc) is 2.48. The molecule has 20 heavy (non-hydrogen) atoms. The van der Waals surface area contributed by atoms with Crippen molar-refractivity contribution in [2.75, 3.05) is 40.3 Å². The summed E-state index contributed by atoms with van der Waals surface area (Å²) in [5.41, 5.74) is 3.81. The van der Waals surface area contributed by atoms with Crippen molar-refractivity contribution in [2.24, 2.45) is 4.99 Å². The lowest BCUT2D eigenvalue weighted by molar-refractivity contribution is 0.148. The van der Waals surface area contributed by atoms with Crippen LogP contribution in [0.25, 0.3) is 5.57 Å². The van der Waals surface area contributed by atoms with Crippen LogP contribution in [0, 0.1) is 0 Å². The second-order valence-corrected chi connectivity index (χ2v) is 5.41. The highest BCUT2D eigenvalue weighted by Crippen LogP contribution is 2.15. The average molecular weight is 271 g/mol. The van der Waals surface area contributed by atoms with Crippen LogP contribution in [-0.2, 0) is 6.54 Å². The number of rotatable bonds is 4. The molecule has 1 fully saturated rings. The van der Waals surface area contributed by atoms with E-state index in [1.807, 2.05) is 13.3 Å². The SMILES string of the molecule is C/C=C(\C=NC)c1ccc(CN2CCN(C)CC2)cc1. The van der Waals surface area contributed by atoms with Gasteiger partial charge in [-0.1, -0.05) is 30.3 Å². The van der Waals surface area contributed by atoms with Crippen molar-refractivity contribution in [3.8, 4) is 0 Å². The summed E-state index contributed by atoms with van der Waals surface area (Å²) in [5.74, 6) is 0. The predicted octanol–water partition coefficient (Wildman–Crippen LogP) is 2.54. The zero-order valence-corrected chi connectivity index (χ0v) is 12.8. The van der Waals surface area contributed by atoms with E-state index in [4.69, 9.17) is 0 Å². The molecule has 0 unspecified atom stereocenters. The van der Waals surface area contributed by atoms with Gasteiger partial charge in [-0.2, -0.15) is 0 Å². The summed E-state index contributed by atoms with van der Waals surface area (Å²) in [7, 11) is 4.01. The van der Waals surface area contributed by atoms with Crippen molar-refractivity contribution < 1.29 is 0 Å². The van der Waals surface area contributed by atoms with Gasteiger partial charge in [-0.25, -0.2) is 0 Å². The molecular weight excluding hydrogens is 246 g/mol. The number of benzene rings is 1. The van der Waals surface area contributed by atoms with E-state index in [9.17, 15) is 0 Å². The first kappa shape index (κ1) is 14.9. The fourth-order valence-electron chi connectivity index (χ4n) is 2.52. The molecular formula is C17H25N3. The van der Waals surface area contributed by atoms with E-state index in [0.29, 0.717) is 0 Å². The molecule has 1 heterocycles. The van der Waals surface area contributed by atoms with Gasteiger partial charge in [-0.3, -0.25) is 9.89 Å². The normalized spacial score (nSPS) is 18.9. The summed E-state index contributed by atoms with van der Waals surface area (Å²) >= 11 is 0. The highest BCUT2D eigenvalue weighted by atomic mass is 15.2. The summed E-state index contributed by atoms with van der Waals surface area (Å²) in [5, 5.41) is 0. The second kappa shape index (κ2) is 7.36. The first-order valence-corrected chi connectivity index (χ1v) is 7.31. The molecule has 0 bridgehead atoms. The van der Waals surface area contributed by atoms with Crippen molar-refractivity contribution in [3.63, 3.8) is 0 Å². The molecule has 1 saturated heterocycles. The molecule has 0 aromatic heterocycles. The number of hydrogen-bond donors (Lipinski definition) is 0. The Morgan fingerprint density at radius 3 is 2.35 bits per heavy atom. The van der Waals surface area contributed by atoms with Crippen LogP contribution < -0.4 is 0 Å². The lowest BCUT2D eigenvalue weighted by atomic mass is 10.0. The van der Waals surface area contributed by atoms with E-state index in [1.54, 1.807) is 0 Å². The maximum absolute atomic E-state index is 4.10. The molecule has 1 aliphatic rings. The Balaban J connectivity index is 1.98. The largest absolute Gasteiger partial charge is 0.304 e. The van der Waals surface area contributed by atoms with Crippen LogP contribution in [0.3, 0.4) is 0 Å². The third kappa shape index (κ3) is 4.02. The Labute approximate surface area is 122 Å². The van der Waals surface area contributed by atoms with E-state index in [0.717, 1.165) is 6.54 Å². The van der Waals surface area contributed by atoms with Crippen LogP contribution in [0.5, 0.6) is 0 Å². The van der Waals surface area contributed by atoms with Gasteiger partial charge in [0.2, 0.25) is 0 Å². The smallest absolute Gasteiger partial charge is 0.0284 e. The van der Waals surface area contributed by atoms with Gasteiger partial charge in [0.15, 0.2) is 0 Å². The Hall–Kier alpha value is -1.45. The molecule has 108 valence electrons. The summed E-state index contributed by atoms with van der Waals surface area (Å²) in [6.45, 7) is 7.79. The van der Waals surface area contributed by atoms with Crippen LogP contribution >= 0.6 is 0 Å². The number of hydrogen-bond acceptors (Lipinski definition) is 3. The van der Waals surface area contributed by atoms with Gasteiger partial charge < -0.3 is 4.90 Å². The van der Waals surface area contributed by atoms with Crippen LogP contribution in [0.1, 0.15) is 18.1 Å². The van der Waals surface area contributed by atoms with Gasteiger partial charge >= 0.3 is 0 Å². The molecule has 1 aromatic carbocycles. The Morgan fingerprint density at radius 1 is 1.15 bits per heavy atom. The zero-order chi connectivity index (χ0) is 14.4. The van der Waals surface area contributed by atoms with E-state index in [-0.39, 0.29) is 0 Å². The number of aliphatic imine (C=N–C) groups is 1. The summed E-state index contributed by atoms with van der Waals surface area (Å²) in [6, 6.07) is 8.87. The zero-order valence-electron chi connectivity index (χ0n) is 12.8. The van der Waals surface area contributed by atoms with Crippen molar-refractivity contribution in [3.05, 3.63) is 41.5 Å². The standard InChI is InChI=1S/C17H25N3/c1-4-16(13-18-2)17-7-5-15(6-8-17)14-20-11-9-19(3)10-12-20/h4-8,13H,9-12,14H2,1-3H3/b16-4+,18-13?. The summed E-state index contributed by atoms with van der Waals surface area (Å²) < 4.78 is 0. The fourth-order valence-corrected chi connectivity index (χ4v) is 2.52. The van der Waals surface area contributed by atoms with E-state index >= 15 is 0 Å². The van der Waals surface area contributed by atoms with E-state index in [2.05, 4.69) is 59.1 Å². The molecule has 0 amide bonds. The lowest BCUT2D eigenvalue weighted by Crippen LogP contribution is -2.43. The third-order valence-electron chi connectivity index (χ3n) is 3.87. The number of nitrogens with zero attached hydrogens (tertiary/aromatic N) is 3. The minimum Gasteiger partial charge on any atom is -0.304 e. The van der Waals surface area contributed by atoms with E-state index in [1.165, 1.54) is 42.9 Å². The molecule has 0 radical (unpaired) electrons. The fraction of sp³-hybridized carbons (Fsp3) is 0.471. The third-order valence-corrected chi connectivity index (χ3v) is 3.87. The van der Waals surface area contributed by atoms with Crippen molar-refractivity contribution in [2.45, 2.75) is 13.5 Å². The van der Waals surface area contributed by atoms with Crippen LogP contribution in [0.15, 0.2) is 35.3 Å². The maximum Gasteiger partial charge on any atom is 0.0284 e. The molecule has 3 nitrogen and oxygen atoms in total. The molecule has 0 spiro atoms. The molecule has 0 aliphatic carbocycles. The topological polar surface area (TPSA) is 18.8 Å². The number of allylic oxidation sites excluding steroid dienone is 2. The Morgan fingerprint density at radius 2 is 1.80 bits per heavy atom. The molecule has 0 N–H and O–H groups in total. The summed E-state index contributed by atoms with van der Waals surface area (Å²) in [6.07, 6.45) is 4.01. The molecule has 0 saturated carbocycles. The number of likely N-dealkylation sites (N-methyl/N-ethyl adjacent to an activating group) is 1. The molecule has 1 aliphatic heterocycles. The first-order chi connectivity index (χ1) is 9.72. The Kier molecular flexibility index (Phi) is 5.50. The van der Waals surface area contributed by atoms with Crippen molar-refractivity contribution in [1.29, 1.82) is 0 Å². The van der Waals surface area contributed by atoms with Gasteiger partial charge in [0.1, 0.15) is 0 Å². The van der Waals surface area contributed by atoms with E-state index < -0.39 is 0 Å². The molecule has 3 heteroatoms.